The standard InChI is InChI=1S/C9H9N3O2/c1-12-7(8(13)11-9(12)14)6-4-2-3-5-10-6/h2-5,7H,1H3,(H,11,13,14). The molecule has 0 spiro atoms. The quantitative estimate of drug-likeness (QED) is 0.649. The predicted octanol–water partition coefficient (Wildman–Crippen LogP) is 0.304. The third-order valence-corrected chi connectivity index (χ3v) is 2.15. The lowest BCUT2D eigenvalue weighted by Gasteiger charge is -2.14. The van der Waals surface area contributed by atoms with Crippen LogP contribution in [0.5, 0.6) is 0 Å². The molecule has 0 radical (unpaired) electrons. The zero-order valence-electron chi connectivity index (χ0n) is 7.60. The van der Waals surface area contributed by atoms with Crippen molar-refractivity contribution < 1.29 is 9.59 Å². The molecule has 3 amide bonds. The number of carbonyl (C=O) groups is 2. The number of rotatable bonds is 1. The van der Waals surface area contributed by atoms with Crippen molar-refractivity contribution in [1.82, 2.24) is 15.2 Å². The minimum absolute atomic E-state index is 0.323. The van der Waals surface area contributed by atoms with E-state index in [-0.39, 0.29) is 11.9 Å². The van der Waals surface area contributed by atoms with E-state index in [9.17, 15) is 9.59 Å². The molecular weight excluding hydrogens is 182 g/mol. The number of urea groups is 1. The smallest absolute Gasteiger partial charge is 0.310 e. The summed E-state index contributed by atoms with van der Waals surface area (Å²) in [6.45, 7) is 0. The van der Waals surface area contributed by atoms with Gasteiger partial charge in [0.1, 0.15) is 0 Å². The molecule has 1 atom stereocenters. The maximum absolute atomic E-state index is 11.4. The molecule has 1 aromatic heterocycles. The van der Waals surface area contributed by atoms with E-state index >= 15 is 0 Å². The Labute approximate surface area is 80.7 Å². The van der Waals surface area contributed by atoms with E-state index in [0.717, 1.165) is 0 Å². The van der Waals surface area contributed by atoms with E-state index in [1.165, 1.54) is 4.90 Å². The van der Waals surface area contributed by atoms with Crippen molar-refractivity contribution in [2.45, 2.75) is 6.04 Å². The fourth-order valence-corrected chi connectivity index (χ4v) is 1.43. The molecule has 72 valence electrons. The monoisotopic (exact) mass is 191 g/mol. The van der Waals surface area contributed by atoms with Crippen LogP contribution in [-0.4, -0.2) is 28.9 Å². The van der Waals surface area contributed by atoms with Gasteiger partial charge in [0, 0.05) is 13.2 Å². The highest BCUT2D eigenvalue weighted by molar-refractivity contribution is 6.04. The van der Waals surface area contributed by atoms with E-state index in [0.29, 0.717) is 5.69 Å². The van der Waals surface area contributed by atoms with Crippen molar-refractivity contribution in [1.29, 1.82) is 0 Å². The van der Waals surface area contributed by atoms with Gasteiger partial charge in [0.25, 0.3) is 5.91 Å². The number of carbonyl (C=O) groups excluding carboxylic acids is 2. The Morgan fingerprint density at radius 1 is 1.43 bits per heavy atom. The molecule has 1 aliphatic heterocycles. The fourth-order valence-electron chi connectivity index (χ4n) is 1.43. The second-order valence-corrected chi connectivity index (χ2v) is 3.06. The molecular formula is C9H9N3O2. The van der Waals surface area contributed by atoms with E-state index in [4.69, 9.17) is 0 Å². The summed E-state index contributed by atoms with van der Waals surface area (Å²) in [7, 11) is 1.57. The van der Waals surface area contributed by atoms with Crippen LogP contribution in [0.25, 0.3) is 0 Å². The molecule has 1 N–H and O–H groups in total. The van der Waals surface area contributed by atoms with Crippen molar-refractivity contribution >= 4 is 11.9 Å². The molecule has 0 saturated carbocycles. The maximum Gasteiger partial charge on any atom is 0.324 e. The van der Waals surface area contributed by atoms with Gasteiger partial charge in [0.2, 0.25) is 0 Å². The maximum atomic E-state index is 11.4. The molecule has 5 nitrogen and oxygen atoms in total. The van der Waals surface area contributed by atoms with Gasteiger partial charge in [-0.2, -0.15) is 0 Å². The van der Waals surface area contributed by atoms with E-state index < -0.39 is 6.04 Å². The van der Waals surface area contributed by atoms with Crippen molar-refractivity contribution in [3.8, 4) is 0 Å². The van der Waals surface area contributed by atoms with Crippen molar-refractivity contribution in [2.75, 3.05) is 7.05 Å². The SMILES string of the molecule is CN1C(=O)NC(=O)C1c1ccccn1. The number of pyridine rings is 1. The summed E-state index contributed by atoms with van der Waals surface area (Å²) in [5.74, 6) is -0.323. The highest BCUT2D eigenvalue weighted by atomic mass is 16.2. The summed E-state index contributed by atoms with van der Waals surface area (Å²) in [5, 5.41) is 2.22. The van der Waals surface area contributed by atoms with Gasteiger partial charge in [-0.05, 0) is 12.1 Å². The van der Waals surface area contributed by atoms with Crippen molar-refractivity contribution in [3.05, 3.63) is 30.1 Å². The molecule has 1 fully saturated rings. The summed E-state index contributed by atoms with van der Waals surface area (Å²) >= 11 is 0. The molecule has 1 aromatic rings. The summed E-state index contributed by atoms with van der Waals surface area (Å²) in [6.07, 6.45) is 1.60. The van der Waals surface area contributed by atoms with Gasteiger partial charge in [0.15, 0.2) is 6.04 Å². The number of hydrogen-bond donors (Lipinski definition) is 1. The predicted molar refractivity (Wildman–Crippen MR) is 48.3 cm³/mol. The summed E-state index contributed by atoms with van der Waals surface area (Å²) in [5.41, 5.74) is 0.582. The summed E-state index contributed by atoms with van der Waals surface area (Å²) in [6, 6.07) is 4.29. The molecule has 2 heterocycles. The molecule has 2 rings (SSSR count). The first-order valence-electron chi connectivity index (χ1n) is 4.19. The molecule has 1 unspecified atom stereocenters. The molecule has 14 heavy (non-hydrogen) atoms. The van der Waals surface area contributed by atoms with Gasteiger partial charge in [-0.25, -0.2) is 4.79 Å². The summed E-state index contributed by atoms with van der Waals surface area (Å²) in [4.78, 5) is 27.9. The first-order valence-corrected chi connectivity index (χ1v) is 4.19. The van der Waals surface area contributed by atoms with E-state index in [1.807, 2.05) is 0 Å². The lowest BCUT2D eigenvalue weighted by molar-refractivity contribution is -0.121. The Kier molecular flexibility index (Phi) is 1.92. The number of nitrogens with one attached hydrogen (secondary N) is 1. The lowest BCUT2D eigenvalue weighted by atomic mass is 10.2. The molecule has 0 aliphatic carbocycles. The van der Waals surface area contributed by atoms with Crippen LogP contribution >= 0.6 is 0 Å². The number of nitrogens with zero attached hydrogens (tertiary/aromatic N) is 2. The first-order chi connectivity index (χ1) is 6.70. The van der Waals surface area contributed by atoms with Crippen molar-refractivity contribution in [2.24, 2.45) is 0 Å². The number of likely N-dealkylation sites (N-methyl/N-ethyl adjacent to an activating group) is 1. The Bertz CT molecular complexity index is 377. The fraction of sp³-hybridized carbons (Fsp3) is 0.222. The highest BCUT2D eigenvalue weighted by Crippen LogP contribution is 2.21. The normalized spacial score (nSPS) is 21.2. The second-order valence-electron chi connectivity index (χ2n) is 3.06. The van der Waals surface area contributed by atoms with Gasteiger partial charge >= 0.3 is 6.03 Å². The third kappa shape index (κ3) is 1.22. The highest BCUT2D eigenvalue weighted by Gasteiger charge is 2.37. The van der Waals surface area contributed by atoms with Gasteiger partial charge in [-0.1, -0.05) is 6.07 Å². The Balaban J connectivity index is 2.36. The number of amides is 3. The van der Waals surface area contributed by atoms with E-state index in [1.54, 1.807) is 31.4 Å². The van der Waals surface area contributed by atoms with E-state index in [2.05, 4.69) is 10.3 Å². The minimum Gasteiger partial charge on any atom is -0.310 e. The van der Waals surface area contributed by atoms with Crippen LogP contribution in [0.4, 0.5) is 4.79 Å². The van der Waals surface area contributed by atoms with Crippen LogP contribution in [0, 0.1) is 0 Å². The molecule has 1 aliphatic rings. The Hall–Kier alpha value is -1.91. The molecule has 0 bridgehead atoms. The summed E-state index contributed by atoms with van der Waals surface area (Å²) < 4.78 is 0. The average Bonchev–Trinajstić information content (AvgIpc) is 2.43. The van der Waals surface area contributed by atoms with Gasteiger partial charge in [0.05, 0.1) is 5.69 Å². The zero-order valence-corrected chi connectivity index (χ0v) is 7.60. The van der Waals surface area contributed by atoms with Crippen molar-refractivity contribution in [3.63, 3.8) is 0 Å². The molecule has 0 aromatic carbocycles. The topological polar surface area (TPSA) is 62.3 Å². The largest absolute Gasteiger partial charge is 0.324 e. The molecule has 1 saturated heterocycles. The number of hydrogen-bond acceptors (Lipinski definition) is 3. The first kappa shape index (κ1) is 8.68. The zero-order chi connectivity index (χ0) is 10.1. The van der Waals surface area contributed by atoms with Crippen LogP contribution in [0.2, 0.25) is 0 Å². The van der Waals surface area contributed by atoms with Crippen LogP contribution in [0.3, 0.4) is 0 Å². The van der Waals surface area contributed by atoms with Gasteiger partial charge < -0.3 is 4.90 Å². The van der Waals surface area contributed by atoms with Gasteiger partial charge in [-0.15, -0.1) is 0 Å². The number of aromatic nitrogens is 1. The van der Waals surface area contributed by atoms with Crippen LogP contribution < -0.4 is 5.32 Å². The second kappa shape index (κ2) is 3.10. The minimum atomic E-state index is -0.594. The molecule has 5 heteroatoms. The van der Waals surface area contributed by atoms with Crippen LogP contribution in [-0.2, 0) is 4.79 Å². The number of imide groups is 1. The third-order valence-electron chi connectivity index (χ3n) is 2.15. The Morgan fingerprint density at radius 2 is 2.21 bits per heavy atom. The average molecular weight is 191 g/mol. The Morgan fingerprint density at radius 3 is 2.71 bits per heavy atom. The van der Waals surface area contributed by atoms with Gasteiger partial charge in [-0.3, -0.25) is 15.1 Å². The van der Waals surface area contributed by atoms with Crippen LogP contribution in [0.15, 0.2) is 24.4 Å². The lowest BCUT2D eigenvalue weighted by Crippen LogP contribution is -2.25. The van der Waals surface area contributed by atoms with Crippen LogP contribution in [0.1, 0.15) is 11.7 Å².